The van der Waals surface area contributed by atoms with Gasteiger partial charge in [-0.3, -0.25) is 4.98 Å². The van der Waals surface area contributed by atoms with Gasteiger partial charge < -0.3 is 4.43 Å². The van der Waals surface area contributed by atoms with Crippen LogP contribution in [0.15, 0.2) is 12.4 Å². The molecule has 0 amide bonds. The molecule has 0 fully saturated rings. The van der Waals surface area contributed by atoms with E-state index < -0.39 is 8.32 Å². The van der Waals surface area contributed by atoms with E-state index in [2.05, 4.69) is 32.7 Å². The van der Waals surface area contributed by atoms with Crippen LogP contribution in [0.1, 0.15) is 44.9 Å². The van der Waals surface area contributed by atoms with Crippen LogP contribution in [0.4, 0.5) is 0 Å². The molecule has 102 valence electrons. The van der Waals surface area contributed by atoms with Crippen molar-refractivity contribution in [1.82, 2.24) is 4.98 Å². The van der Waals surface area contributed by atoms with E-state index in [-0.39, 0.29) is 6.10 Å². The molecule has 2 nitrogen and oxygen atoms in total. The summed E-state index contributed by atoms with van der Waals surface area (Å²) in [5.74, 6) is 0. The van der Waals surface area contributed by atoms with Crippen LogP contribution < -0.4 is 0 Å². The number of hydrogen-bond donors (Lipinski definition) is 0. The molecule has 1 aromatic heterocycles. The summed E-state index contributed by atoms with van der Waals surface area (Å²) >= 11 is 6.26. The summed E-state index contributed by atoms with van der Waals surface area (Å²) in [5.41, 5.74) is 2.21. The smallest absolute Gasteiger partial charge is 0.192 e. The summed E-state index contributed by atoms with van der Waals surface area (Å²) in [4.78, 5) is 4.11. The number of pyridine rings is 1. The lowest BCUT2D eigenvalue weighted by Gasteiger charge is -2.32. The maximum Gasteiger partial charge on any atom is 0.192 e. The van der Waals surface area contributed by atoms with Gasteiger partial charge in [0.25, 0.3) is 0 Å². The molecule has 0 aliphatic heterocycles. The van der Waals surface area contributed by atoms with Gasteiger partial charge in [-0.25, -0.2) is 0 Å². The van der Waals surface area contributed by atoms with E-state index in [1.807, 2.05) is 13.1 Å². The summed E-state index contributed by atoms with van der Waals surface area (Å²) in [6, 6.07) is 3.48. The Morgan fingerprint density at radius 2 is 1.78 bits per heavy atom. The molecule has 1 aromatic rings. The van der Waals surface area contributed by atoms with E-state index in [1.54, 1.807) is 6.20 Å². The number of hydrogen-bond acceptors (Lipinski definition) is 2. The average Bonchev–Trinajstić information content (AvgIpc) is 2.36. The maximum atomic E-state index is 6.46. The van der Waals surface area contributed by atoms with Gasteiger partial charge in [-0.2, -0.15) is 0 Å². The number of nitrogens with zero attached hydrogens (tertiary/aromatic N) is 1. The SMILES string of the molecule is CC[Si](CC)(CC)OC(C)c1c(C)cncc1Cl. The van der Waals surface area contributed by atoms with Gasteiger partial charge in [0.1, 0.15) is 0 Å². The number of aryl methyl sites for hydroxylation is 1. The molecule has 1 heterocycles. The first-order valence-corrected chi connectivity index (χ1v) is 9.68. The molecule has 0 spiro atoms. The molecule has 4 heteroatoms. The highest BCUT2D eigenvalue weighted by Gasteiger charge is 2.32. The molecule has 0 aliphatic carbocycles. The Morgan fingerprint density at radius 1 is 1.22 bits per heavy atom. The summed E-state index contributed by atoms with van der Waals surface area (Å²) in [6.07, 6.45) is 3.62. The molecule has 1 rings (SSSR count). The standard InChI is InChI=1S/C14H24ClNOSi/c1-6-18(7-2,8-3)17-12(5)14-11(4)9-16-10-13(14)15/h9-10,12H,6-8H2,1-5H3. The second-order valence-electron chi connectivity index (χ2n) is 4.86. The Bertz CT molecular complexity index is 365. The Morgan fingerprint density at radius 3 is 2.22 bits per heavy atom. The quantitative estimate of drug-likeness (QED) is 0.676. The highest BCUT2D eigenvalue weighted by molar-refractivity contribution is 6.73. The van der Waals surface area contributed by atoms with E-state index in [4.69, 9.17) is 16.0 Å². The molecule has 0 saturated carbocycles. The van der Waals surface area contributed by atoms with Gasteiger partial charge in [0.15, 0.2) is 8.32 Å². The van der Waals surface area contributed by atoms with Crippen LogP contribution in [-0.4, -0.2) is 13.3 Å². The monoisotopic (exact) mass is 285 g/mol. The van der Waals surface area contributed by atoms with Gasteiger partial charge in [0, 0.05) is 18.0 Å². The lowest BCUT2D eigenvalue weighted by atomic mass is 10.1. The molecule has 0 aromatic carbocycles. The molecule has 0 saturated heterocycles. The van der Waals surface area contributed by atoms with Crippen LogP contribution in [0.25, 0.3) is 0 Å². The van der Waals surface area contributed by atoms with Crippen LogP contribution in [-0.2, 0) is 4.43 Å². The van der Waals surface area contributed by atoms with Crippen molar-refractivity contribution in [3.63, 3.8) is 0 Å². The van der Waals surface area contributed by atoms with Gasteiger partial charge in [-0.1, -0.05) is 32.4 Å². The summed E-state index contributed by atoms with van der Waals surface area (Å²) in [5, 5.41) is 0.716. The minimum atomic E-state index is -1.59. The minimum Gasteiger partial charge on any atom is -0.410 e. The van der Waals surface area contributed by atoms with E-state index in [9.17, 15) is 0 Å². The Labute approximate surface area is 117 Å². The topological polar surface area (TPSA) is 22.1 Å². The molecule has 0 bridgehead atoms. The van der Waals surface area contributed by atoms with Crippen molar-refractivity contribution in [2.24, 2.45) is 0 Å². The van der Waals surface area contributed by atoms with Crippen molar-refractivity contribution < 1.29 is 4.43 Å². The highest BCUT2D eigenvalue weighted by Crippen LogP contribution is 2.33. The van der Waals surface area contributed by atoms with E-state index in [1.165, 1.54) is 0 Å². The maximum absolute atomic E-state index is 6.46. The summed E-state index contributed by atoms with van der Waals surface area (Å²) in [7, 11) is -1.59. The zero-order valence-electron chi connectivity index (χ0n) is 12.1. The number of rotatable bonds is 6. The fourth-order valence-electron chi connectivity index (χ4n) is 2.49. The third kappa shape index (κ3) is 3.34. The molecule has 0 radical (unpaired) electrons. The normalized spacial score (nSPS) is 13.7. The van der Waals surface area contributed by atoms with Gasteiger partial charge in [-0.15, -0.1) is 0 Å². The minimum absolute atomic E-state index is 0.0621. The Kier molecular flexibility index (Phi) is 5.82. The molecule has 0 aliphatic rings. The van der Waals surface area contributed by atoms with Crippen molar-refractivity contribution in [3.05, 3.63) is 28.5 Å². The molecule has 0 N–H and O–H groups in total. The van der Waals surface area contributed by atoms with Gasteiger partial charge in [0.05, 0.1) is 11.1 Å². The molecule has 18 heavy (non-hydrogen) atoms. The van der Waals surface area contributed by atoms with Crippen molar-refractivity contribution in [2.45, 2.75) is 58.9 Å². The summed E-state index contributed by atoms with van der Waals surface area (Å²) < 4.78 is 6.46. The van der Waals surface area contributed by atoms with Gasteiger partial charge >= 0.3 is 0 Å². The first kappa shape index (κ1) is 15.7. The lowest BCUT2D eigenvalue weighted by molar-refractivity contribution is 0.209. The molecule has 1 unspecified atom stereocenters. The predicted octanol–water partition coefficient (Wildman–Crippen LogP) is 5.13. The highest BCUT2D eigenvalue weighted by atomic mass is 35.5. The van der Waals surface area contributed by atoms with Crippen molar-refractivity contribution >= 4 is 19.9 Å². The number of halogens is 1. The fraction of sp³-hybridized carbons (Fsp3) is 0.643. The van der Waals surface area contributed by atoms with E-state index in [0.717, 1.165) is 29.3 Å². The largest absolute Gasteiger partial charge is 0.410 e. The van der Waals surface area contributed by atoms with Crippen molar-refractivity contribution in [2.75, 3.05) is 0 Å². The van der Waals surface area contributed by atoms with Crippen LogP contribution in [0, 0.1) is 6.92 Å². The average molecular weight is 286 g/mol. The Hall–Kier alpha value is -0.383. The van der Waals surface area contributed by atoms with Gasteiger partial charge in [0.2, 0.25) is 0 Å². The second-order valence-corrected chi connectivity index (χ2v) is 9.99. The zero-order chi connectivity index (χ0) is 13.8. The van der Waals surface area contributed by atoms with Gasteiger partial charge in [-0.05, 0) is 37.5 Å². The van der Waals surface area contributed by atoms with Crippen molar-refractivity contribution in [1.29, 1.82) is 0 Å². The molecular formula is C14H24ClNOSi. The fourth-order valence-corrected chi connectivity index (χ4v) is 5.72. The van der Waals surface area contributed by atoms with Crippen LogP contribution >= 0.6 is 11.6 Å². The first-order valence-electron chi connectivity index (χ1n) is 6.77. The van der Waals surface area contributed by atoms with Crippen LogP contribution in [0.2, 0.25) is 23.2 Å². The van der Waals surface area contributed by atoms with Crippen LogP contribution in [0.5, 0.6) is 0 Å². The molecular weight excluding hydrogens is 262 g/mol. The second kappa shape index (κ2) is 6.69. The van der Waals surface area contributed by atoms with Crippen molar-refractivity contribution in [3.8, 4) is 0 Å². The third-order valence-corrected chi connectivity index (χ3v) is 8.93. The first-order chi connectivity index (χ1) is 8.49. The Balaban J connectivity index is 2.97. The van der Waals surface area contributed by atoms with E-state index in [0.29, 0.717) is 5.02 Å². The number of aromatic nitrogens is 1. The molecule has 1 atom stereocenters. The summed E-state index contributed by atoms with van der Waals surface area (Å²) in [6.45, 7) is 10.9. The predicted molar refractivity (Wildman–Crippen MR) is 80.7 cm³/mol. The third-order valence-electron chi connectivity index (χ3n) is 3.90. The van der Waals surface area contributed by atoms with Crippen LogP contribution in [0.3, 0.4) is 0 Å². The lowest BCUT2D eigenvalue weighted by Crippen LogP contribution is -2.36. The zero-order valence-corrected chi connectivity index (χ0v) is 13.8. The van der Waals surface area contributed by atoms with E-state index >= 15 is 0 Å².